The third-order valence-electron chi connectivity index (χ3n) is 12.0. The molecule has 9 heteroatoms. The maximum absolute atomic E-state index is 16.3. The lowest BCUT2D eigenvalue weighted by atomic mass is 9.83. The highest BCUT2D eigenvalue weighted by Gasteiger charge is 2.27. The normalized spacial score (nSPS) is 13.1. The summed E-state index contributed by atoms with van der Waals surface area (Å²) in [5.74, 6) is 0.675. The van der Waals surface area contributed by atoms with E-state index in [1.807, 2.05) is 0 Å². The number of rotatable bonds is 32. The van der Waals surface area contributed by atoms with Gasteiger partial charge in [0.1, 0.15) is 28.7 Å². The molecule has 0 bridgehead atoms. The van der Waals surface area contributed by atoms with Gasteiger partial charge in [-0.25, -0.2) is 4.39 Å². The molecule has 0 saturated carbocycles. The number of ether oxygens (including phenoxy) is 2. The first-order valence-corrected chi connectivity index (χ1v) is 26.6. The second-order valence-electron chi connectivity index (χ2n) is 16.5. The van der Waals surface area contributed by atoms with Gasteiger partial charge in [0.05, 0.1) is 28.8 Å². The van der Waals surface area contributed by atoms with Gasteiger partial charge in [-0.1, -0.05) is 150 Å². The standard InChI is InChI=1S/C49H75FN2O2S4/c1-8-12-14-16-18-20-22-24-26-28-34-53-37(5)47(54-35-29-27-25-23-21-19-17-15-13-9-2)48(55-7)42-31-30-40(56-42)38-36-39(50)44(46-45(38)51-58-52-46)41-32-33-43(57-41)49(6,10-3)11-4/h30-33,36-37H,8-29,34-35H2,1-7H3/b48-47+. The molecule has 58 heavy (non-hydrogen) atoms. The lowest BCUT2D eigenvalue weighted by Crippen LogP contribution is -2.17. The van der Waals surface area contributed by atoms with Gasteiger partial charge in [0.25, 0.3) is 0 Å². The summed E-state index contributed by atoms with van der Waals surface area (Å²) in [7, 11) is 0. The van der Waals surface area contributed by atoms with Gasteiger partial charge in [-0.2, -0.15) is 8.75 Å². The molecule has 0 N–H and O–H groups in total. The number of fused-ring (bicyclic) bond motifs is 1. The zero-order valence-electron chi connectivity index (χ0n) is 37.2. The highest BCUT2D eigenvalue weighted by atomic mass is 32.2. The number of benzene rings is 1. The summed E-state index contributed by atoms with van der Waals surface area (Å²) in [4.78, 5) is 5.40. The van der Waals surface area contributed by atoms with Crippen LogP contribution in [0.1, 0.15) is 193 Å². The number of nitrogens with zero attached hydrogens (tertiary/aromatic N) is 2. The van der Waals surface area contributed by atoms with E-state index in [1.165, 1.54) is 120 Å². The summed E-state index contributed by atoms with van der Waals surface area (Å²) in [5.41, 5.74) is 2.85. The topological polar surface area (TPSA) is 44.2 Å². The number of unbranched alkanes of at least 4 members (excludes halogenated alkanes) is 18. The summed E-state index contributed by atoms with van der Waals surface area (Å²) in [6.07, 6.45) is 30.1. The molecule has 4 aromatic rings. The number of thioether (sulfide) groups is 1. The molecule has 4 rings (SSSR count). The summed E-state index contributed by atoms with van der Waals surface area (Å²) >= 11 is 6.23. The van der Waals surface area contributed by atoms with E-state index >= 15 is 4.39 Å². The van der Waals surface area contributed by atoms with Crippen molar-refractivity contribution in [2.45, 2.75) is 194 Å². The first-order valence-electron chi connectivity index (χ1n) is 23.0. The van der Waals surface area contributed by atoms with Gasteiger partial charge in [-0.3, -0.25) is 0 Å². The molecule has 0 fully saturated rings. The lowest BCUT2D eigenvalue weighted by Gasteiger charge is -2.25. The fraction of sp³-hybridized carbons (Fsp3) is 0.673. The van der Waals surface area contributed by atoms with Crippen LogP contribution in [0.3, 0.4) is 0 Å². The lowest BCUT2D eigenvalue weighted by molar-refractivity contribution is 0.0385. The van der Waals surface area contributed by atoms with Crippen molar-refractivity contribution in [3.05, 3.63) is 51.7 Å². The van der Waals surface area contributed by atoms with Crippen LogP contribution in [-0.2, 0) is 14.9 Å². The van der Waals surface area contributed by atoms with Gasteiger partial charge in [-0.15, -0.1) is 34.4 Å². The van der Waals surface area contributed by atoms with Gasteiger partial charge in [0.15, 0.2) is 0 Å². The van der Waals surface area contributed by atoms with Crippen LogP contribution in [0.4, 0.5) is 4.39 Å². The van der Waals surface area contributed by atoms with Crippen LogP contribution < -0.4 is 0 Å². The average molecular weight is 871 g/mol. The van der Waals surface area contributed by atoms with Crippen LogP contribution in [0.2, 0.25) is 0 Å². The van der Waals surface area contributed by atoms with Crippen LogP contribution >= 0.6 is 46.2 Å². The first kappa shape index (κ1) is 48.9. The van der Waals surface area contributed by atoms with Crippen LogP contribution in [0, 0.1) is 5.82 Å². The van der Waals surface area contributed by atoms with Crippen molar-refractivity contribution < 1.29 is 13.9 Å². The Morgan fingerprint density at radius 1 is 0.690 bits per heavy atom. The minimum absolute atomic E-state index is 0.0833. The third-order valence-corrected chi connectivity index (χ3v) is 16.0. The van der Waals surface area contributed by atoms with E-state index in [1.54, 1.807) is 40.5 Å². The Hall–Kier alpha value is -1.78. The maximum atomic E-state index is 16.3. The van der Waals surface area contributed by atoms with Crippen molar-refractivity contribution >= 4 is 62.1 Å². The molecule has 0 amide bonds. The molecule has 4 nitrogen and oxygen atoms in total. The van der Waals surface area contributed by atoms with E-state index < -0.39 is 0 Å². The van der Waals surface area contributed by atoms with Gasteiger partial charge in [0, 0.05) is 37.1 Å². The zero-order valence-corrected chi connectivity index (χ0v) is 40.4. The van der Waals surface area contributed by atoms with Crippen LogP contribution in [0.15, 0.2) is 36.1 Å². The number of hydrogen-bond acceptors (Lipinski definition) is 8. The molecule has 3 aromatic heterocycles. The number of aromatic nitrogens is 2. The minimum Gasteiger partial charge on any atom is -0.494 e. The molecule has 0 saturated heterocycles. The number of halogens is 1. The molecule has 0 radical (unpaired) electrons. The zero-order chi connectivity index (χ0) is 41.6. The summed E-state index contributed by atoms with van der Waals surface area (Å²) in [6, 6.07) is 10.2. The minimum atomic E-state index is -0.247. The second-order valence-corrected chi connectivity index (χ2v) is 20.0. The SMILES string of the molecule is CCCCCCCCCCCCO/C(=C(/SC)c1ccc(-c2cc(F)c(-c3ccc(C(C)(CC)CC)s3)c3nsnc23)s1)C(C)OCCCCCCCCCCCC. The quantitative estimate of drug-likeness (QED) is 0.0361. The van der Waals surface area contributed by atoms with Gasteiger partial charge in [-0.05, 0) is 69.2 Å². The Morgan fingerprint density at radius 3 is 1.79 bits per heavy atom. The van der Waals surface area contributed by atoms with Crippen LogP contribution in [0.5, 0.6) is 0 Å². The largest absolute Gasteiger partial charge is 0.494 e. The molecule has 3 heterocycles. The highest BCUT2D eigenvalue weighted by Crippen LogP contribution is 2.45. The fourth-order valence-electron chi connectivity index (χ4n) is 7.72. The first-order chi connectivity index (χ1) is 28.3. The van der Waals surface area contributed by atoms with Crippen molar-refractivity contribution in [2.75, 3.05) is 19.5 Å². The molecular formula is C49H75FN2O2S4. The van der Waals surface area contributed by atoms with E-state index in [-0.39, 0.29) is 17.3 Å². The summed E-state index contributed by atoms with van der Waals surface area (Å²) in [5, 5.41) is 0. The molecule has 0 spiro atoms. The van der Waals surface area contributed by atoms with Crippen molar-refractivity contribution in [1.82, 2.24) is 8.75 Å². The Labute approximate surface area is 368 Å². The molecule has 0 aliphatic heterocycles. The van der Waals surface area contributed by atoms with Crippen LogP contribution in [-0.4, -0.2) is 34.3 Å². The van der Waals surface area contributed by atoms with E-state index in [0.717, 1.165) is 80.4 Å². The predicted molar refractivity (Wildman–Crippen MR) is 257 cm³/mol. The van der Waals surface area contributed by atoms with Crippen molar-refractivity contribution in [3.8, 4) is 20.9 Å². The predicted octanol–water partition coefficient (Wildman–Crippen LogP) is 17.7. The van der Waals surface area contributed by atoms with E-state index in [4.69, 9.17) is 13.8 Å². The van der Waals surface area contributed by atoms with E-state index in [2.05, 4.69) is 76.4 Å². The second kappa shape index (κ2) is 27.2. The Bertz CT molecular complexity index is 1760. The number of hydrogen-bond donors (Lipinski definition) is 0. The highest BCUT2D eigenvalue weighted by molar-refractivity contribution is 8.07. The molecule has 1 aromatic carbocycles. The Balaban J connectivity index is 1.47. The van der Waals surface area contributed by atoms with E-state index in [9.17, 15) is 0 Å². The van der Waals surface area contributed by atoms with Gasteiger partial charge in [0.2, 0.25) is 0 Å². The summed E-state index contributed by atoms with van der Waals surface area (Å²) < 4.78 is 38.9. The van der Waals surface area contributed by atoms with Gasteiger partial charge >= 0.3 is 0 Å². The smallest absolute Gasteiger partial charge is 0.139 e. The molecule has 1 atom stereocenters. The maximum Gasteiger partial charge on any atom is 0.139 e. The average Bonchev–Trinajstić information content (AvgIpc) is 4.04. The van der Waals surface area contributed by atoms with E-state index in [0.29, 0.717) is 17.7 Å². The van der Waals surface area contributed by atoms with Crippen molar-refractivity contribution in [1.29, 1.82) is 0 Å². The fourth-order valence-corrected chi connectivity index (χ4v) is 11.7. The Kier molecular flexibility index (Phi) is 22.9. The number of thiophene rings is 2. The third kappa shape index (κ3) is 14.7. The molecular weight excluding hydrogens is 796 g/mol. The Morgan fingerprint density at radius 2 is 1.22 bits per heavy atom. The monoisotopic (exact) mass is 870 g/mol. The molecule has 0 aliphatic rings. The van der Waals surface area contributed by atoms with Crippen LogP contribution in [0.25, 0.3) is 36.8 Å². The van der Waals surface area contributed by atoms with Crippen molar-refractivity contribution in [3.63, 3.8) is 0 Å². The molecule has 1 unspecified atom stereocenters. The molecule has 324 valence electrons. The van der Waals surface area contributed by atoms with Crippen molar-refractivity contribution in [2.24, 2.45) is 0 Å². The van der Waals surface area contributed by atoms with Gasteiger partial charge < -0.3 is 9.47 Å². The summed E-state index contributed by atoms with van der Waals surface area (Å²) in [6.45, 7) is 14.9. The molecule has 0 aliphatic carbocycles.